The van der Waals surface area contributed by atoms with Crippen LogP contribution in [0.5, 0.6) is 5.75 Å². The lowest BCUT2D eigenvalue weighted by atomic mass is 10.0. The molecule has 2 fully saturated rings. The largest absolute Gasteiger partial charge is 0.495 e. The molecule has 2 aliphatic rings. The Kier molecular flexibility index (Phi) is 6.18. The Bertz CT molecular complexity index is 567. The van der Waals surface area contributed by atoms with Gasteiger partial charge in [0, 0.05) is 37.5 Å². The van der Waals surface area contributed by atoms with Crippen LogP contribution in [-0.4, -0.2) is 63.7 Å². The van der Waals surface area contributed by atoms with Gasteiger partial charge in [-0.05, 0) is 50.6 Å². The Balaban J connectivity index is 1.58. The highest BCUT2D eigenvalue weighted by molar-refractivity contribution is 7.99. The zero-order chi connectivity index (χ0) is 17.9. The van der Waals surface area contributed by atoms with Crippen molar-refractivity contribution in [2.45, 2.75) is 37.5 Å². The molecule has 0 spiro atoms. The first-order valence-corrected chi connectivity index (χ1v) is 10.6. The molecule has 3 rings (SSSR count). The van der Waals surface area contributed by atoms with Crippen molar-refractivity contribution in [1.82, 2.24) is 4.90 Å². The number of piperazine rings is 1. The van der Waals surface area contributed by atoms with Crippen LogP contribution in [0.3, 0.4) is 0 Å². The minimum Gasteiger partial charge on any atom is -0.495 e. The first-order valence-electron chi connectivity index (χ1n) is 9.36. The van der Waals surface area contributed by atoms with E-state index < -0.39 is 0 Å². The summed E-state index contributed by atoms with van der Waals surface area (Å²) in [5, 5.41) is 0. The summed E-state index contributed by atoms with van der Waals surface area (Å²) in [7, 11) is 1.78. The molecular weight excluding hydrogens is 332 g/mol. The summed E-state index contributed by atoms with van der Waals surface area (Å²) >= 11 is 1.87. The molecule has 1 heterocycles. The predicted molar refractivity (Wildman–Crippen MR) is 107 cm³/mol. The quantitative estimate of drug-likeness (QED) is 0.702. The summed E-state index contributed by atoms with van der Waals surface area (Å²) in [6.45, 7) is 10.7. The Morgan fingerprint density at radius 1 is 1.16 bits per heavy atom. The van der Waals surface area contributed by atoms with E-state index in [1.54, 1.807) is 7.11 Å². The third-order valence-electron chi connectivity index (χ3n) is 5.38. The lowest BCUT2D eigenvalue weighted by Crippen LogP contribution is -2.47. The maximum atomic E-state index is 5.78. The van der Waals surface area contributed by atoms with Crippen LogP contribution in [0.2, 0.25) is 0 Å². The molecule has 5 heteroatoms. The third kappa shape index (κ3) is 4.83. The van der Waals surface area contributed by atoms with E-state index in [4.69, 9.17) is 9.47 Å². The van der Waals surface area contributed by atoms with E-state index in [0.717, 1.165) is 45.1 Å². The summed E-state index contributed by atoms with van der Waals surface area (Å²) in [6.07, 6.45) is 5.25. The second kappa shape index (κ2) is 8.19. The van der Waals surface area contributed by atoms with Crippen LogP contribution in [0.4, 0.5) is 5.69 Å². The second-order valence-corrected chi connectivity index (χ2v) is 8.93. The number of thioether (sulfide) groups is 1. The lowest BCUT2D eigenvalue weighted by molar-refractivity contribution is 0.0899. The number of rotatable bonds is 8. The predicted octanol–water partition coefficient (Wildman–Crippen LogP) is 3.59. The fourth-order valence-corrected chi connectivity index (χ4v) is 3.59. The number of anilines is 1. The summed E-state index contributed by atoms with van der Waals surface area (Å²) in [5.74, 6) is 0.991. The molecular formula is C20H32N2O2S. The molecule has 0 atom stereocenters. The molecule has 0 amide bonds. The summed E-state index contributed by atoms with van der Waals surface area (Å²) in [5.41, 5.74) is 2.54. The van der Waals surface area contributed by atoms with Gasteiger partial charge in [-0.25, -0.2) is 0 Å². The smallest absolute Gasteiger partial charge is 0.142 e. The molecule has 0 bridgehead atoms. The monoisotopic (exact) mass is 364 g/mol. The van der Waals surface area contributed by atoms with Gasteiger partial charge in [0.1, 0.15) is 5.75 Å². The molecule has 0 N–H and O–H groups in total. The van der Waals surface area contributed by atoms with Crippen LogP contribution in [0.15, 0.2) is 18.2 Å². The van der Waals surface area contributed by atoms with Crippen molar-refractivity contribution in [3.05, 3.63) is 23.8 Å². The zero-order valence-electron chi connectivity index (χ0n) is 16.1. The van der Waals surface area contributed by atoms with E-state index in [1.807, 2.05) is 11.8 Å². The van der Waals surface area contributed by atoms with Crippen molar-refractivity contribution in [3.8, 4) is 5.75 Å². The van der Waals surface area contributed by atoms with Crippen LogP contribution in [0.25, 0.3) is 0 Å². The minimum absolute atomic E-state index is 0.103. The van der Waals surface area contributed by atoms with Crippen LogP contribution >= 0.6 is 11.8 Å². The molecule has 0 radical (unpaired) electrons. The molecule has 25 heavy (non-hydrogen) atoms. The van der Waals surface area contributed by atoms with E-state index in [-0.39, 0.29) is 4.75 Å². The number of hydrogen-bond acceptors (Lipinski definition) is 5. The molecule has 140 valence electrons. The van der Waals surface area contributed by atoms with Gasteiger partial charge in [0.15, 0.2) is 0 Å². The van der Waals surface area contributed by atoms with E-state index in [0.29, 0.717) is 6.10 Å². The van der Waals surface area contributed by atoms with Crippen molar-refractivity contribution >= 4 is 17.4 Å². The van der Waals surface area contributed by atoms with Crippen molar-refractivity contribution in [3.63, 3.8) is 0 Å². The van der Waals surface area contributed by atoms with Crippen molar-refractivity contribution in [2.75, 3.05) is 57.6 Å². The van der Waals surface area contributed by atoms with Gasteiger partial charge in [0.2, 0.25) is 0 Å². The number of nitrogens with zero attached hydrogens (tertiary/aromatic N) is 2. The molecule has 1 aliphatic carbocycles. The zero-order valence-corrected chi connectivity index (χ0v) is 16.9. The molecule has 1 saturated carbocycles. The summed E-state index contributed by atoms with van der Waals surface area (Å²) in [6, 6.07) is 6.70. The Morgan fingerprint density at radius 3 is 2.48 bits per heavy atom. The maximum Gasteiger partial charge on any atom is 0.142 e. The minimum atomic E-state index is 0.103. The van der Waals surface area contributed by atoms with Crippen LogP contribution < -0.4 is 9.64 Å². The van der Waals surface area contributed by atoms with Gasteiger partial charge in [-0.15, -0.1) is 0 Å². The van der Waals surface area contributed by atoms with Gasteiger partial charge >= 0.3 is 0 Å². The van der Waals surface area contributed by atoms with Crippen LogP contribution in [0, 0.1) is 0 Å². The molecule has 1 saturated heterocycles. The topological polar surface area (TPSA) is 24.9 Å². The van der Waals surface area contributed by atoms with E-state index in [1.165, 1.54) is 24.1 Å². The van der Waals surface area contributed by atoms with Gasteiger partial charge in [0.05, 0.1) is 25.5 Å². The number of methoxy groups -OCH3 is 1. The van der Waals surface area contributed by atoms with Gasteiger partial charge in [0.25, 0.3) is 0 Å². The van der Waals surface area contributed by atoms with Crippen LogP contribution in [0.1, 0.15) is 32.3 Å². The number of benzene rings is 1. The summed E-state index contributed by atoms with van der Waals surface area (Å²) in [4.78, 5) is 4.96. The number of hydrogen-bond donors (Lipinski definition) is 0. The van der Waals surface area contributed by atoms with Gasteiger partial charge in [-0.1, -0.05) is 6.07 Å². The van der Waals surface area contributed by atoms with Gasteiger partial charge in [-0.3, -0.25) is 4.90 Å². The Labute approximate surface area is 156 Å². The molecule has 0 aromatic heterocycles. The molecule has 4 nitrogen and oxygen atoms in total. The molecule has 1 aromatic carbocycles. The standard InChI is InChI=1S/C20H32N2O2S/c1-20(2,25-4)16-5-8-18(19(15-16)23-3)22-11-9-21(10-12-22)13-14-24-17-6-7-17/h5,8,15,17H,6-7,9-14H2,1-4H3. The Hall–Kier alpha value is -0.910. The molecule has 1 aromatic rings. The van der Waals surface area contributed by atoms with Crippen molar-refractivity contribution < 1.29 is 9.47 Å². The van der Waals surface area contributed by atoms with Crippen molar-refractivity contribution in [1.29, 1.82) is 0 Å². The van der Waals surface area contributed by atoms with E-state index in [9.17, 15) is 0 Å². The maximum absolute atomic E-state index is 5.78. The van der Waals surface area contributed by atoms with E-state index >= 15 is 0 Å². The van der Waals surface area contributed by atoms with Crippen LogP contribution in [-0.2, 0) is 9.48 Å². The normalized spacial score (nSPS) is 19.3. The third-order valence-corrected chi connectivity index (χ3v) is 6.64. The molecule has 1 aliphatic heterocycles. The highest BCUT2D eigenvalue weighted by Gasteiger charge is 2.25. The number of ether oxygens (including phenoxy) is 2. The van der Waals surface area contributed by atoms with Crippen molar-refractivity contribution in [2.24, 2.45) is 0 Å². The SMILES string of the molecule is COc1cc(C(C)(C)SC)ccc1N1CCN(CCOC2CC2)CC1. The Morgan fingerprint density at radius 2 is 1.88 bits per heavy atom. The fourth-order valence-electron chi connectivity index (χ4n) is 3.23. The average Bonchev–Trinajstić information content (AvgIpc) is 3.46. The van der Waals surface area contributed by atoms with E-state index in [2.05, 4.69) is 48.1 Å². The average molecular weight is 365 g/mol. The molecule has 0 unspecified atom stereocenters. The fraction of sp³-hybridized carbons (Fsp3) is 0.700. The lowest BCUT2D eigenvalue weighted by Gasteiger charge is -2.37. The first-order chi connectivity index (χ1) is 12.0. The highest BCUT2D eigenvalue weighted by Crippen LogP contribution is 2.39. The van der Waals surface area contributed by atoms with Gasteiger partial charge < -0.3 is 14.4 Å². The first kappa shape index (κ1) is 18.9. The second-order valence-electron chi connectivity index (χ2n) is 7.50. The highest BCUT2D eigenvalue weighted by atomic mass is 32.2. The summed E-state index contributed by atoms with van der Waals surface area (Å²) < 4.78 is 11.6. The van der Waals surface area contributed by atoms with Gasteiger partial charge in [-0.2, -0.15) is 11.8 Å².